The molecule has 1 aromatic carbocycles. The van der Waals surface area contributed by atoms with Gasteiger partial charge < -0.3 is 25.3 Å². The zero-order valence-electron chi connectivity index (χ0n) is 16.8. The Hall–Kier alpha value is -3.13. The normalized spacial score (nSPS) is 15.6. The Balaban J connectivity index is 2.22. The van der Waals surface area contributed by atoms with E-state index < -0.39 is 11.9 Å². The topological polar surface area (TPSA) is 113 Å². The lowest BCUT2D eigenvalue weighted by molar-refractivity contribution is -0.133. The number of benzene rings is 1. The van der Waals surface area contributed by atoms with E-state index in [1.807, 2.05) is 13.0 Å². The molecule has 1 aliphatic rings. The molecule has 0 amide bonds. The van der Waals surface area contributed by atoms with E-state index in [1.54, 1.807) is 13.2 Å². The third-order valence-electron chi connectivity index (χ3n) is 4.62. The number of nitrogens with zero attached hydrogens (tertiary/aromatic N) is 1. The highest BCUT2D eigenvalue weighted by Gasteiger charge is 2.25. The average Bonchev–Trinajstić information content (AvgIpc) is 2.70. The van der Waals surface area contributed by atoms with Crippen LogP contribution < -0.4 is 25.3 Å². The Bertz CT molecular complexity index is 971. The largest absolute Gasteiger partial charge is 0.497 e. The molecule has 1 aliphatic heterocycles. The van der Waals surface area contributed by atoms with Crippen LogP contribution >= 0.6 is 0 Å². The third kappa shape index (κ3) is 4.48. The van der Waals surface area contributed by atoms with Crippen LogP contribution in [-0.2, 0) is 16.0 Å². The summed E-state index contributed by atoms with van der Waals surface area (Å²) in [5.74, 6) is -0.454. The minimum atomic E-state index is -0.661. The predicted octanol–water partition coefficient (Wildman–Crippen LogP) is 2.73. The lowest BCUT2D eigenvalue weighted by Gasteiger charge is -2.21. The van der Waals surface area contributed by atoms with Crippen molar-refractivity contribution in [3.63, 3.8) is 0 Å². The second kappa shape index (κ2) is 8.91. The number of methoxy groups -OCH3 is 1. The van der Waals surface area contributed by atoms with Crippen LogP contribution in [0.2, 0.25) is 0 Å². The van der Waals surface area contributed by atoms with E-state index in [1.165, 1.54) is 0 Å². The fourth-order valence-electron chi connectivity index (χ4n) is 3.18. The maximum atomic E-state index is 12.1. The number of nitrogens with one attached hydrogen (secondary N) is 1. The minimum Gasteiger partial charge on any atom is -0.497 e. The van der Waals surface area contributed by atoms with Crippen LogP contribution in [0.15, 0.2) is 24.3 Å². The van der Waals surface area contributed by atoms with Crippen molar-refractivity contribution in [2.24, 2.45) is 5.73 Å². The SMILES string of the molecule is CCc1nc2c(NC(C)CCCN)cc(OC)cc2c2c1OC(=O)/C=C\C(=O)O2. The van der Waals surface area contributed by atoms with Gasteiger partial charge in [-0.15, -0.1) is 0 Å². The second-order valence-corrected chi connectivity index (χ2v) is 6.79. The zero-order chi connectivity index (χ0) is 21.0. The van der Waals surface area contributed by atoms with E-state index in [9.17, 15) is 9.59 Å². The van der Waals surface area contributed by atoms with Crippen molar-refractivity contribution < 1.29 is 23.8 Å². The lowest BCUT2D eigenvalue weighted by atomic mass is 10.1. The molecular formula is C21H25N3O5. The van der Waals surface area contributed by atoms with Crippen molar-refractivity contribution in [3.05, 3.63) is 30.0 Å². The van der Waals surface area contributed by atoms with E-state index in [0.29, 0.717) is 35.3 Å². The molecule has 0 spiro atoms. The average molecular weight is 399 g/mol. The van der Waals surface area contributed by atoms with E-state index in [2.05, 4.69) is 12.2 Å². The molecule has 0 radical (unpaired) electrons. The number of aromatic nitrogens is 1. The lowest BCUT2D eigenvalue weighted by Crippen LogP contribution is -2.18. The van der Waals surface area contributed by atoms with Crippen molar-refractivity contribution in [1.29, 1.82) is 0 Å². The van der Waals surface area contributed by atoms with E-state index in [0.717, 1.165) is 30.7 Å². The first-order valence-electron chi connectivity index (χ1n) is 9.59. The van der Waals surface area contributed by atoms with E-state index in [-0.39, 0.29) is 17.5 Å². The molecule has 8 nitrogen and oxygen atoms in total. The summed E-state index contributed by atoms with van der Waals surface area (Å²) in [6, 6.07) is 3.70. The van der Waals surface area contributed by atoms with Gasteiger partial charge in [0.05, 0.1) is 29.4 Å². The summed E-state index contributed by atoms with van der Waals surface area (Å²) in [5, 5.41) is 3.96. The zero-order valence-corrected chi connectivity index (χ0v) is 16.8. The van der Waals surface area contributed by atoms with Crippen molar-refractivity contribution in [1.82, 2.24) is 4.98 Å². The summed E-state index contributed by atoms with van der Waals surface area (Å²) in [6.07, 6.45) is 4.34. The molecule has 29 heavy (non-hydrogen) atoms. The number of fused-ring (bicyclic) bond motifs is 3. The summed E-state index contributed by atoms with van der Waals surface area (Å²) in [6.45, 7) is 4.56. The Morgan fingerprint density at radius 1 is 1.17 bits per heavy atom. The van der Waals surface area contributed by atoms with Gasteiger partial charge in [-0.25, -0.2) is 14.6 Å². The molecule has 1 atom stereocenters. The molecule has 1 unspecified atom stereocenters. The quantitative estimate of drug-likeness (QED) is 0.684. The number of aryl methyl sites for hydroxylation is 1. The van der Waals surface area contributed by atoms with E-state index >= 15 is 0 Å². The van der Waals surface area contributed by atoms with Gasteiger partial charge in [0.15, 0.2) is 11.5 Å². The first-order chi connectivity index (χ1) is 14.0. The van der Waals surface area contributed by atoms with Gasteiger partial charge in [-0.05, 0) is 38.8 Å². The molecule has 2 heterocycles. The monoisotopic (exact) mass is 399 g/mol. The van der Waals surface area contributed by atoms with Gasteiger partial charge in [0.2, 0.25) is 0 Å². The summed E-state index contributed by atoms with van der Waals surface area (Å²) < 4.78 is 16.4. The van der Waals surface area contributed by atoms with Gasteiger partial charge in [0.25, 0.3) is 0 Å². The fourth-order valence-corrected chi connectivity index (χ4v) is 3.18. The first-order valence-corrected chi connectivity index (χ1v) is 9.59. The number of rotatable bonds is 7. The molecule has 1 aromatic heterocycles. The fraction of sp³-hybridized carbons (Fsp3) is 0.381. The van der Waals surface area contributed by atoms with Gasteiger partial charge in [-0.2, -0.15) is 0 Å². The van der Waals surface area contributed by atoms with Crippen LogP contribution in [0.25, 0.3) is 10.9 Å². The molecule has 3 rings (SSSR count). The molecule has 0 fully saturated rings. The summed E-state index contributed by atoms with van der Waals surface area (Å²) >= 11 is 0. The van der Waals surface area contributed by atoms with Crippen LogP contribution in [0.3, 0.4) is 0 Å². The molecule has 3 N–H and O–H groups in total. The van der Waals surface area contributed by atoms with Crippen molar-refractivity contribution in [2.45, 2.75) is 39.2 Å². The molecule has 0 bridgehead atoms. The van der Waals surface area contributed by atoms with Crippen molar-refractivity contribution in [3.8, 4) is 17.2 Å². The Kier molecular flexibility index (Phi) is 6.33. The molecular weight excluding hydrogens is 374 g/mol. The number of carbonyl (C=O) groups excluding carboxylic acids is 2. The van der Waals surface area contributed by atoms with Crippen LogP contribution in [0.1, 0.15) is 32.4 Å². The van der Waals surface area contributed by atoms with Gasteiger partial charge in [0, 0.05) is 24.3 Å². The standard InChI is InChI=1S/C21H25N3O5/c1-4-15-21-20(28-17(25)7-8-18(26)29-21)14-10-13(27-3)11-16(19(14)24-15)23-12(2)6-5-9-22/h7-8,10-12,23H,4-6,9,22H2,1-3H3/b8-7-. The van der Waals surface area contributed by atoms with Gasteiger partial charge in [-0.1, -0.05) is 6.92 Å². The number of nitrogens with two attached hydrogens (primary N) is 1. The van der Waals surface area contributed by atoms with Crippen molar-refractivity contribution in [2.75, 3.05) is 19.0 Å². The van der Waals surface area contributed by atoms with Crippen LogP contribution in [0.4, 0.5) is 5.69 Å². The van der Waals surface area contributed by atoms with Crippen LogP contribution in [0.5, 0.6) is 17.2 Å². The number of hydrogen-bond acceptors (Lipinski definition) is 8. The van der Waals surface area contributed by atoms with Crippen LogP contribution in [-0.4, -0.2) is 36.6 Å². The number of pyridine rings is 1. The first kappa shape index (κ1) is 20.6. The van der Waals surface area contributed by atoms with Gasteiger partial charge in [0.1, 0.15) is 5.75 Å². The molecule has 2 aromatic rings. The number of ether oxygens (including phenoxy) is 3. The third-order valence-corrected chi connectivity index (χ3v) is 4.62. The number of esters is 2. The smallest absolute Gasteiger partial charge is 0.336 e. The van der Waals surface area contributed by atoms with Crippen molar-refractivity contribution >= 4 is 28.5 Å². The minimum absolute atomic E-state index is 0.144. The maximum Gasteiger partial charge on any atom is 0.336 e. The van der Waals surface area contributed by atoms with Gasteiger partial charge >= 0.3 is 11.9 Å². The maximum absolute atomic E-state index is 12.1. The number of anilines is 1. The summed E-state index contributed by atoms with van der Waals surface area (Å²) in [7, 11) is 1.55. The molecule has 0 aliphatic carbocycles. The molecule has 0 saturated heterocycles. The predicted molar refractivity (Wildman–Crippen MR) is 109 cm³/mol. The summed E-state index contributed by atoms with van der Waals surface area (Å²) in [4.78, 5) is 28.8. The molecule has 8 heteroatoms. The number of hydrogen-bond donors (Lipinski definition) is 2. The molecule has 0 saturated carbocycles. The Labute approximate surface area is 169 Å². The highest BCUT2D eigenvalue weighted by atomic mass is 16.6. The Morgan fingerprint density at radius 3 is 2.48 bits per heavy atom. The molecule has 154 valence electrons. The second-order valence-electron chi connectivity index (χ2n) is 6.79. The Morgan fingerprint density at radius 2 is 1.86 bits per heavy atom. The van der Waals surface area contributed by atoms with E-state index in [4.69, 9.17) is 24.9 Å². The summed E-state index contributed by atoms with van der Waals surface area (Å²) in [5.41, 5.74) is 7.48. The van der Waals surface area contributed by atoms with Crippen LogP contribution in [0, 0.1) is 0 Å². The highest BCUT2D eigenvalue weighted by molar-refractivity contribution is 6.02. The van der Waals surface area contributed by atoms with Gasteiger partial charge in [-0.3, -0.25) is 0 Å². The highest BCUT2D eigenvalue weighted by Crippen LogP contribution is 2.43. The number of carbonyl (C=O) groups is 2.